The second-order valence-corrected chi connectivity index (χ2v) is 6.32. The van der Waals surface area contributed by atoms with Crippen LogP contribution in [-0.4, -0.2) is 38.6 Å². The maximum Gasteiger partial charge on any atom is 0.00472 e. The predicted molar refractivity (Wildman–Crippen MR) is 76.4 cm³/mol. The molecule has 102 valence electrons. The molecule has 0 aromatic rings. The van der Waals surface area contributed by atoms with Crippen LogP contribution in [0.4, 0.5) is 0 Å². The maximum atomic E-state index is 3.43. The lowest BCUT2D eigenvalue weighted by molar-refractivity contribution is 0.0934. The van der Waals surface area contributed by atoms with Crippen LogP contribution in [0.3, 0.4) is 0 Å². The van der Waals surface area contributed by atoms with Crippen LogP contribution in [0.15, 0.2) is 0 Å². The molecule has 1 N–H and O–H groups in total. The van der Waals surface area contributed by atoms with Crippen molar-refractivity contribution in [1.29, 1.82) is 0 Å². The van der Waals surface area contributed by atoms with Gasteiger partial charge in [0.15, 0.2) is 0 Å². The third-order valence-corrected chi connectivity index (χ3v) is 4.24. The number of nitrogens with zero attached hydrogens (tertiary/aromatic N) is 1. The van der Waals surface area contributed by atoms with Crippen LogP contribution in [0.25, 0.3) is 0 Å². The van der Waals surface area contributed by atoms with Crippen molar-refractivity contribution in [3.63, 3.8) is 0 Å². The highest BCUT2D eigenvalue weighted by Crippen LogP contribution is 2.39. The first-order valence-electron chi connectivity index (χ1n) is 7.45. The molecule has 0 bridgehead atoms. The topological polar surface area (TPSA) is 15.3 Å². The van der Waals surface area contributed by atoms with E-state index in [4.69, 9.17) is 0 Å². The number of hydrogen-bond acceptors (Lipinski definition) is 2. The third kappa shape index (κ3) is 4.97. The molecule has 1 saturated carbocycles. The van der Waals surface area contributed by atoms with Crippen LogP contribution in [-0.2, 0) is 0 Å². The van der Waals surface area contributed by atoms with Crippen molar-refractivity contribution < 1.29 is 0 Å². The second kappa shape index (κ2) is 7.38. The maximum absolute atomic E-state index is 3.43. The molecule has 0 aromatic carbocycles. The van der Waals surface area contributed by atoms with Gasteiger partial charge in [-0.05, 0) is 51.2 Å². The van der Waals surface area contributed by atoms with E-state index in [2.05, 4.69) is 38.2 Å². The lowest BCUT2D eigenvalue weighted by Crippen LogP contribution is -2.45. The van der Waals surface area contributed by atoms with Gasteiger partial charge in [-0.15, -0.1) is 0 Å². The van der Waals surface area contributed by atoms with Crippen molar-refractivity contribution in [2.45, 2.75) is 52.4 Å². The molecule has 0 spiro atoms. The molecule has 0 aliphatic heterocycles. The second-order valence-electron chi connectivity index (χ2n) is 6.32. The Morgan fingerprint density at radius 3 is 2.76 bits per heavy atom. The van der Waals surface area contributed by atoms with Crippen molar-refractivity contribution in [1.82, 2.24) is 10.2 Å². The molecule has 0 aromatic heterocycles. The van der Waals surface area contributed by atoms with Crippen LogP contribution in [0.2, 0.25) is 0 Å². The zero-order chi connectivity index (χ0) is 12.7. The quantitative estimate of drug-likeness (QED) is 0.735. The van der Waals surface area contributed by atoms with E-state index in [9.17, 15) is 0 Å². The zero-order valence-electron chi connectivity index (χ0n) is 12.4. The van der Waals surface area contributed by atoms with Gasteiger partial charge in [0.25, 0.3) is 0 Å². The van der Waals surface area contributed by atoms with Gasteiger partial charge in [-0.25, -0.2) is 0 Å². The van der Waals surface area contributed by atoms with Crippen molar-refractivity contribution >= 4 is 0 Å². The highest BCUT2D eigenvalue weighted by molar-refractivity contribution is 4.89. The predicted octanol–water partition coefficient (Wildman–Crippen LogP) is 3.13. The van der Waals surface area contributed by atoms with Gasteiger partial charge < -0.3 is 10.2 Å². The molecule has 1 fully saturated rings. The summed E-state index contributed by atoms with van der Waals surface area (Å²) in [6.45, 7) is 8.43. The number of unbranched alkanes of at least 4 members (excludes halogenated alkanes) is 1. The Bertz CT molecular complexity index is 201. The summed E-state index contributed by atoms with van der Waals surface area (Å²) in [5, 5.41) is 3.43. The standard InChI is InChI=1S/C15H32N2/c1-5-6-10-17(4)13-15(12-16-3)9-7-8-14(2)11-15/h14,16H,5-13H2,1-4H3. The van der Waals surface area contributed by atoms with Gasteiger partial charge in [-0.1, -0.05) is 33.1 Å². The Morgan fingerprint density at radius 1 is 1.41 bits per heavy atom. The minimum absolute atomic E-state index is 0.537. The first-order valence-corrected chi connectivity index (χ1v) is 7.45. The van der Waals surface area contributed by atoms with E-state index < -0.39 is 0 Å². The lowest BCUT2D eigenvalue weighted by atomic mass is 9.69. The Morgan fingerprint density at radius 2 is 2.18 bits per heavy atom. The number of nitrogens with one attached hydrogen (secondary N) is 1. The van der Waals surface area contributed by atoms with Crippen LogP contribution in [0.1, 0.15) is 52.4 Å². The van der Waals surface area contributed by atoms with Crippen LogP contribution < -0.4 is 5.32 Å². The van der Waals surface area contributed by atoms with E-state index in [-0.39, 0.29) is 0 Å². The first-order chi connectivity index (χ1) is 8.12. The van der Waals surface area contributed by atoms with Crippen LogP contribution in [0, 0.1) is 11.3 Å². The Kier molecular flexibility index (Phi) is 6.50. The summed E-state index contributed by atoms with van der Waals surface area (Å²) < 4.78 is 0. The summed E-state index contributed by atoms with van der Waals surface area (Å²) in [6, 6.07) is 0. The SMILES string of the molecule is CCCCN(C)CC1(CNC)CCCC(C)C1. The van der Waals surface area contributed by atoms with Gasteiger partial charge in [-0.2, -0.15) is 0 Å². The van der Waals surface area contributed by atoms with Gasteiger partial charge in [-0.3, -0.25) is 0 Å². The van der Waals surface area contributed by atoms with Gasteiger partial charge >= 0.3 is 0 Å². The minimum atomic E-state index is 0.537. The average molecular weight is 240 g/mol. The summed E-state index contributed by atoms with van der Waals surface area (Å²) >= 11 is 0. The molecule has 1 rings (SSSR count). The molecule has 1 aliphatic carbocycles. The van der Waals surface area contributed by atoms with Gasteiger partial charge in [0, 0.05) is 13.1 Å². The minimum Gasteiger partial charge on any atom is -0.319 e. The van der Waals surface area contributed by atoms with Crippen molar-refractivity contribution in [2.24, 2.45) is 11.3 Å². The summed E-state index contributed by atoms with van der Waals surface area (Å²) in [7, 11) is 4.40. The smallest absolute Gasteiger partial charge is 0.00472 e. The zero-order valence-corrected chi connectivity index (χ0v) is 12.4. The Hall–Kier alpha value is -0.0800. The number of hydrogen-bond donors (Lipinski definition) is 1. The van der Waals surface area contributed by atoms with Crippen LogP contribution >= 0.6 is 0 Å². The lowest BCUT2D eigenvalue weighted by Gasteiger charge is -2.42. The monoisotopic (exact) mass is 240 g/mol. The summed E-state index contributed by atoms with van der Waals surface area (Å²) in [6.07, 6.45) is 8.31. The molecule has 0 heterocycles. The molecular weight excluding hydrogens is 208 g/mol. The molecule has 0 saturated heterocycles. The van der Waals surface area contributed by atoms with Crippen molar-refractivity contribution in [2.75, 3.05) is 33.7 Å². The third-order valence-electron chi connectivity index (χ3n) is 4.24. The fourth-order valence-corrected chi connectivity index (χ4v) is 3.58. The summed E-state index contributed by atoms with van der Waals surface area (Å²) in [4.78, 5) is 2.55. The van der Waals surface area contributed by atoms with E-state index in [0.29, 0.717) is 5.41 Å². The van der Waals surface area contributed by atoms with E-state index in [0.717, 1.165) is 5.92 Å². The van der Waals surface area contributed by atoms with E-state index in [1.165, 1.54) is 58.2 Å². The molecule has 0 radical (unpaired) electrons. The number of rotatable bonds is 7. The van der Waals surface area contributed by atoms with Crippen molar-refractivity contribution in [3.8, 4) is 0 Å². The highest BCUT2D eigenvalue weighted by atomic mass is 15.1. The average Bonchev–Trinajstić information content (AvgIpc) is 2.26. The van der Waals surface area contributed by atoms with Gasteiger partial charge in [0.1, 0.15) is 0 Å². The van der Waals surface area contributed by atoms with E-state index in [1.54, 1.807) is 0 Å². The Labute approximate surface area is 108 Å². The Balaban J connectivity index is 2.51. The molecule has 17 heavy (non-hydrogen) atoms. The molecule has 2 atom stereocenters. The van der Waals surface area contributed by atoms with E-state index in [1.807, 2.05) is 0 Å². The fraction of sp³-hybridized carbons (Fsp3) is 1.00. The van der Waals surface area contributed by atoms with Gasteiger partial charge in [0.05, 0.1) is 0 Å². The van der Waals surface area contributed by atoms with E-state index >= 15 is 0 Å². The molecule has 1 aliphatic rings. The largest absolute Gasteiger partial charge is 0.319 e. The summed E-state index contributed by atoms with van der Waals surface area (Å²) in [5.41, 5.74) is 0.537. The molecular formula is C15H32N2. The molecule has 2 nitrogen and oxygen atoms in total. The molecule has 2 unspecified atom stereocenters. The van der Waals surface area contributed by atoms with Gasteiger partial charge in [0.2, 0.25) is 0 Å². The molecule has 0 amide bonds. The fourth-order valence-electron chi connectivity index (χ4n) is 3.58. The van der Waals surface area contributed by atoms with Crippen molar-refractivity contribution in [3.05, 3.63) is 0 Å². The summed E-state index contributed by atoms with van der Waals surface area (Å²) in [5.74, 6) is 0.914. The normalized spacial score (nSPS) is 29.8. The first kappa shape index (κ1) is 15.0. The highest BCUT2D eigenvalue weighted by Gasteiger charge is 2.35. The van der Waals surface area contributed by atoms with Crippen LogP contribution in [0.5, 0.6) is 0 Å². The molecule has 2 heteroatoms.